The molecule has 4 aromatic rings. The lowest BCUT2D eigenvalue weighted by atomic mass is 10.1. The fourth-order valence-electron chi connectivity index (χ4n) is 3.48. The summed E-state index contributed by atoms with van der Waals surface area (Å²) in [6.45, 7) is 3.59. The molecule has 0 unspecified atom stereocenters. The number of H-pyrrole nitrogens is 1. The van der Waals surface area contributed by atoms with Crippen LogP contribution in [0.4, 0.5) is 21.7 Å². The van der Waals surface area contributed by atoms with Crippen molar-refractivity contribution in [2.75, 3.05) is 16.9 Å². The molecule has 3 N–H and O–H groups in total. The van der Waals surface area contributed by atoms with Crippen molar-refractivity contribution in [3.8, 4) is 11.3 Å². The molecule has 1 atom stereocenters. The number of carbonyl (C=O) groups excluding carboxylic acids is 1. The standard InChI is InChI=1S/C23H21BrFN5O3S/c1-12-10-27-23(29-16-7-5-9-18(19(16)25)34(3,32)33)30-20(12)15-11-26-21-14(15)6-4-8-17(21)28-22(31)13(2)24/h4-11,13,26H,1-3H3,(H,28,31)(H,27,29,30)/t13-/m0/s1. The van der Waals surface area contributed by atoms with Crippen LogP contribution >= 0.6 is 15.9 Å². The van der Waals surface area contributed by atoms with Crippen LogP contribution in [0.5, 0.6) is 0 Å². The molecule has 2 aromatic carbocycles. The molecule has 0 saturated carbocycles. The first-order valence-electron chi connectivity index (χ1n) is 10.2. The van der Waals surface area contributed by atoms with Crippen LogP contribution < -0.4 is 10.6 Å². The van der Waals surface area contributed by atoms with Gasteiger partial charge < -0.3 is 15.6 Å². The van der Waals surface area contributed by atoms with E-state index in [0.717, 1.165) is 28.3 Å². The lowest BCUT2D eigenvalue weighted by molar-refractivity contribution is -0.115. The molecule has 0 radical (unpaired) electrons. The lowest BCUT2D eigenvalue weighted by Crippen LogP contribution is -2.19. The largest absolute Gasteiger partial charge is 0.359 e. The van der Waals surface area contributed by atoms with Crippen LogP contribution in [-0.2, 0) is 14.6 Å². The smallest absolute Gasteiger partial charge is 0.237 e. The molecular weight excluding hydrogens is 525 g/mol. The minimum absolute atomic E-state index is 0.0504. The number of benzene rings is 2. The Kier molecular flexibility index (Phi) is 6.41. The summed E-state index contributed by atoms with van der Waals surface area (Å²) in [7, 11) is -3.73. The summed E-state index contributed by atoms with van der Waals surface area (Å²) in [6.07, 6.45) is 4.32. The zero-order valence-electron chi connectivity index (χ0n) is 18.5. The predicted molar refractivity (Wildman–Crippen MR) is 134 cm³/mol. The summed E-state index contributed by atoms with van der Waals surface area (Å²) in [5.74, 6) is -0.965. The number of carbonyl (C=O) groups is 1. The number of hydrogen-bond donors (Lipinski definition) is 3. The molecule has 1 amide bonds. The van der Waals surface area contributed by atoms with Crippen LogP contribution in [-0.4, -0.2) is 40.4 Å². The van der Waals surface area contributed by atoms with E-state index in [-0.39, 0.29) is 22.4 Å². The average Bonchev–Trinajstić information content (AvgIpc) is 3.20. The van der Waals surface area contributed by atoms with Crippen LogP contribution in [0, 0.1) is 12.7 Å². The number of alkyl halides is 1. The van der Waals surface area contributed by atoms with E-state index in [2.05, 4.69) is 41.5 Å². The third-order valence-corrected chi connectivity index (χ3v) is 6.70. The Bertz CT molecular complexity index is 1520. The average molecular weight is 546 g/mol. The van der Waals surface area contributed by atoms with Crippen molar-refractivity contribution in [3.05, 3.63) is 60.2 Å². The second-order valence-electron chi connectivity index (χ2n) is 7.78. The molecule has 0 spiro atoms. The fourth-order valence-corrected chi connectivity index (χ4v) is 4.35. The number of para-hydroxylation sites is 1. The number of rotatable bonds is 6. The first kappa shape index (κ1) is 23.8. The Labute approximate surface area is 204 Å². The zero-order chi connectivity index (χ0) is 24.6. The van der Waals surface area contributed by atoms with E-state index in [0.29, 0.717) is 11.4 Å². The molecule has 176 valence electrons. The van der Waals surface area contributed by atoms with E-state index < -0.39 is 20.5 Å². The molecule has 0 bridgehead atoms. The van der Waals surface area contributed by atoms with Gasteiger partial charge in [-0.05, 0) is 37.6 Å². The summed E-state index contributed by atoms with van der Waals surface area (Å²) in [4.78, 5) is 23.4. The van der Waals surface area contributed by atoms with Crippen molar-refractivity contribution in [3.63, 3.8) is 0 Å². The van der Waals surface area contributed by atoms with Gasteiger partial charge >= 0.3 is 0 Å². The number of aromatic amines is 1. The first-order chi connectivity index (χ1) is 16.1. The highest BCUT2D eigenvalue weighted by Gasteiger charge is 2.19. The van der Waals surface area contributed by atoms with Gasteiger partial charge in [0.2, 0.25) is 11.9 Å². The Morgan fingerprint density at radius 2 is 1.88 bits per heavy atom. The molecule has 0 saturated heterocycles. The number of anilines is 3. The van der Waals surface area contributed by atoms with Crippen molar-refractivity contribution >= 4 is 59.9 Å². The van der Waals surface area contributed by atoms with Gasteiger partial charge in [0, 0.05) is 29.6 Å². The molecular formula is C23H21BrFN5O3S. The van der Waals surface area contributed by atoms with Gasteiger partial charge in [-0.1, -0.05) is 34.1 Å². The molecule has 4 rings (SSSR count). The van der Waals surface area contributed by atoms with Crippen molar-refractivity contribution in [1.29, 1.82) is 0 Å². The molecule has 8 nitrogen and oxygen atoms in total. The number of aryl methyl sites for hydroxylation is 1. The van der Waals surface area contributed by atoms with Crippen LogP contribution in [0.3, 0.4) is 0 Å². The predicted octanol–water partition coefficient (Wildman–Crippen LogP) is 4.94. The van der Waals surface area contributed by atoms with Gasteiger partial charge in [0.1, 0.15) is 4.90 Å². The number of nitrogens with one attached hydrogen (secondary N) is 3. The van der Waals surface area contributed by atoms with E-state index in [1.807, 2.05) is 19.1 Å². The van der Waals surface area contributed by atoms with E-state index in [9.17, 15) is 17.6 Å². The van der Waals surface area contributed by atoms with E-state index in [1.165, 1.54) is 18.2 Å². The highest BCUT2D eigenvalue weighted by Crippen LogP contribution is 2.34. The second-order valence-corrected chi connectivity index (χ2v) is 11.1. The molecule has 2 aromatic heterocycles. The SMILES string of the molecule is Cc1cnc(Nc2cccc(S(C)(=O)=O)c2F)nc1-c1c[nH]c2c(NC(=O)[C@H](C)Br)cccc12. The highest BCUT2D eigenvalue weighted by atomic mass is 79.9. The second kappa shape index (κ2) is 9.15. The van der Waals surface area contributed by atoms with E-state index >= 15 is 0 Å². The number of hydrogen-bond acceptors (Lipinski definition) is 6. The Balaban J connectivity index is 1.74. The Morgan fingerprint density at radius 3 is 2.59 bits per heavy atom. The van der Waals surface area contributed by atoms with Gasteiger partial charge in [0.25, 0.3) is 0 Å². The van der Waals surface area contributed by atoms with Crippen LogP contribution in [0.2, 0.25) is 0 Å². The topological polar surface area (TPSA) is 117 Å². The number of halogens is 2. The third kappa shape index (κ3) is 4.66. The van der Waals surface area contributed by atoms with Crippen molar-refractivity contribution in [2.45, 2.75) is 23.6 Å². The number of nitrogens with zero attached hydrogens (tertiary/aromatic N) is 2. The number of amides is 1. The minimum atomic E-state index is -3.73. The monoisotopic (exact) mass is 545 g/mol. The maximum Gasteiger partial charge on any atom is 0.237 e. The first-order valence-corrected chi connectivity index (χ1v) is 13.0. The molecule has 34 heavy (non-hydrogen) atoms. The fraction of sp³-hybridized carbons (Fsp3) is 0.174. The third-order valence-electron chi connectivity index (χ3n) is 5.17. The van der Waals surface area contributed by atoms with Crippen LogP contribution in [0.1, 0.15) is 12.5 Å². The normalized spacial score (nSPS) is 12.5. The number of aromatic nitrogens is 3. The summed E-state index contributed by atoms with van der Waals surface area (Å²) in [6, 6.07) is 9.59. The molecule has 11 heteroatoms. The Hall–Kier alpha value is -3.31. The van der Waals surface area contributed by atoms with Crippen LogP contribution in [0.15, 0.2) is 53.7 Å². The van der Waals surface area contributed by atoms with E-state index in [4.69, 9.17) is 0 Å². The molecule has 0 aliphatic rings. The van der Waals surface area contributed by atoms with Crippen molar-refractivity contribution in [2.24, 2.45) is 0 Å². The Morgan fingerprint density at radius 1 is 1.18 bits per heavy atom. The summed E-state index contributed by atoms with van der Waals surface area (Å²) >= 11 is 3.26. The maximum absolute atomic E-state index is 14.8. The molecule has 0 aliphatic carbocycles. The van der Waals surface area contributed by atoms with Gasteiger partial charge in [0.15, 0.2) is 15.7 Å². The van der Waals surface area contributed by atoms with Gasteiger partial charge in [-0.3, -0.25) is 4.79 Å². The van der Waals surface area contributed by atoms with E-state index in [1.54, 1.807) is 25.4 Å². The lowest BCUT2D eigenvalue weighted by Gasteiger charge is -2.11. The van der Waals surface area contributed by atoms with Gasteiger partial charge in [-0.25, -0.2) is 22.8 Å². The number of fused-ring (bicyclic) bond motifs is 1. The van der Waals surface area contributed by atoms with Gasteiger partial charge in [0.05, 0.1) is 27.4 Å². The summed E-state index contributed by atoms with van der Waals surface area (Å²) in [5.41, 5.74) is 3.46. The van der Waals surface area contributed by atoms with Crippen LogP contribution in [0.25, 0.3) is 22.2 Å². The van der Waals surface area contributed by atoms with Gasteiger partial charge in [-0.2, -0.15) is 0 Å². The summed E-state index contributed by atoms with van der Waals surface area (Å²) in [5, 5.41) is 6.49. The van der Waals surface area contributed by atoms with Gasteiger partial charge in [-0.15, -0.1) is 0 Å². The maximum atomic E-state index is 14.8. The quantitative estimate of drug-likeness (QED) is 0.295. The zero-order valence-corrected chi connectivity index (χ0v) is 20.9. The highest BCUT2D eigenvalue weighted by molar-refractivity contribution is 9.10. The molecule has 2 heterocycles. The minimum Gasteiger partial charge on any atom is -0.359 e. The number of sulfone groups is 1. The molecule has 0 fully saturated rings. The van der Waals surface area contributed by atoms with Crippen molar-refractivity contribution < 1.29 is 17.6 Å². The molecule has 0 aliphatic heterocycles. The summed E-state index contributed by atoms with van der Waals surface area (Å²) < 4.78 is 38.5. The van der Waals surface area contributed by atoms with Crippen molar-refractivity contribution in [1.82, 2.24) is 15.0 Å².